The van der Waals surface area contributed by atoms with Crippen LogP contribution in [-0.2, 0) is 0 Å². The van der Waals surface area contributed by atoms with E-state index < -0.39 is 0 Å². The maximum atomic E-state index is 13.1. The molecule has 5 nitrogen and oxygen atoms in total. The minimum absolute atomic E-state index is 0.0920. The number of rotatable bonds is 5. The summed E-state index contributed by atoms with van der Waals surface area (Å²) in [6, 6.07) is 24.9. The smallest absolute Gasteiger partial charge is 0.321 e. The molecule has 158 valence electrons. The number of hydrogen-bond acceptors (Lipinski definition) is 3. The normalized spacial score (nSPS) is 15.9. The number of amides is 2. The molecular weight excluding hydrogens is 388 g/mol. The van der Waals surface area contributed by atoms with E-state index in [1.54, 1.807) is 24.1 Å². The Labute approximate surface area is 182 Å². The molecule has 31 heavy (non-hydrogen) atoms. The topological polar surface area (TPSA) is 58.6 Å². The fourth-order valence-electron chi connectivity index (χ4n) is 4.01. The highest BCUT2D eigenvalue weighted by molar-refractivity contribution is 5.99. The summed E-state index contributed by atoms with van der Waals surface area (Å²) in [5, 5.41) is 2.91. The number of methoxy groups -OCH3 is 1. The Morgan fingerprint density at radius 3 is 2.32 bits per heavy atom. The number of Topliss-reactive ketones (excluding diaryl/α,β-unsaturated/α-hetero) is 1. The molecule has 2 amide bonds. The predicted octanol–water partition coefficient (Wildman–Crippen LogP) is 5.49. The third-order valence-electron chi connectivity index (χ3n) is 5.70. The van der Waals surface area contributed by atoms with Gasteiger partial charge in [-0.3, -0.25) is 4.79 Å². The van der Waals surface area contributed by atoms with Gasteiger partial charge < -0.3 is 15.0 Å². The zero-order valence-electron chi connectivity index (χ0n) is 17.6. The van der Waals surface area contributed by atoms with Crippen LogP contribution in [0.15, 0.2) is 78.9 Å². The first-order valence-electron chi connectivity index (χ1n) is 10.5. The first-order chi connectivity index (χ1) is 15.2. The molecule has 1 aliphatic heterocycles. The molecule has 0 aromatic heterocycles. The van der Waals surface area contributed by atoms with Crippen LogP contribution in [0.25, 0.3) is 11.1 Å². The van der Waals surface area contributed by atoms with Crippen LogP contribution in [0.1, 0.15) is 23.2 Å². The monoisotopic (exact) mass is 414 g/mol. The van der Waals surface area contributed by atoms with Crippen molar-refractivity contribution in [3.63, 3.8) is 0 Å². The highest BCUT2D eigenvalue weighted by Gasteiger charge is 2.29. The zero-order valence-corrected chi connectivity index (χ0v) is 17.6. The lowest BCUT2D eigenvalue weighted by Gasteiger charge is -2.32. The van der Waals surface area contributed by atoms with Gasteiger partial charge in [0.05, 0.1) is 12.8 Å². The molecular formula is C26H26N2O3. The van der Waals surface area contributed by atoms with Gasteiger partial charge in [0.1, 0.15) is 5.75 Å². The number of likely N-dealkylation sites (tertiary alicyclic amines) is 1. The van der Waals surface area contributed by atoms with Crippen LogP contribution in [0.2, 0.25) is 0 Å². The van der Waals surface area contributed by atoms with Gasteiger partial charge in [-0.25, -0.2) is 4.79 Å². The molecule has 1 saturated heterocycles. The maximum Gasteiger partial charge on any atom is 0.321 e. The van der Waals surface area contributed by atoms with Crippen LogP contribution in [0.3, 0.4) is 0 Å². The molecule has 1 aliphatic rings. The lowest BCUT2D eigenvalue weighted by atomic mass is 9.89. The molecule has 0 spiro atoms. The van der Waals surface area contributed by atoms with Crippen molar-refractivity contribution in [1.82, 2.24) is 4.90 Å². The second-order valence-corrected chi connectivity index (χ2v) is 7.72. The molecule has 1 fully saturated rings. The van der Waals surface area contributed by atoms with E-state index in [1.165, 1.54) is 0 Å². The summed E-state index contributed by atoms with van der Waals surface area (Å²) in [7, 11) is 1.57. The number of para-hydroxylation sites is 2. The summed E-state index contributed by atoms with van der Waals surface area (Å²) >= 11 is 0. The van der Waals surface area contributed by atoms with Crippen molar-refractivity contribution in [3.8, 4) is 16.9 Å². The number of piperidine rings is 1. The fourth-order valence-corrected chi connectivity index (χ4v) is 4.01. The number of hydrogen-bond donors (Lipinski definition) is 1. The standard InChI is InChI=1S/C26H26N2O3/c1-31-24-12-6-5-11-23(24)27-26(30)28-17-7-10-22(18-28)25(29)21-15-13-20(14-16-21)19-8-3-2-4-9-19/h2-6,8-9,11-16,22H,7,10,17-18H2,1H3,(H,27,30)/t22-/m1/s1. The third kappa shape index (κ3) is 4.77. The molecule has 0 radical (unpaired) electrons. The molecule has 3 aromatic carbocycles. The highest BCUT2D eigenvalue weighted by Crippen LogP contribution is 2.26. The molecule has 5 heteroatoms. The number of ketones is 1. The lowest BCUT2D eigenvalue weighted by molar-refractivity contribution is 0.0851. The molecule has 0 saturated carbocycles. The Morgan fingerprint density at radius 2 is 1.58 bits per heavy atom. The quantitative estimate of drug-likeness (QED) is 0.562. The van der Waals surface area contributed by atoms with Crippen molar-refractivity contribution >= 4 is 17.5 Å². The van der Waals surface area contributed by atoms with Crippen molar-refractivity contribution in [2.24, 2.45) is 5.92 Å². The van der Waals surface area contributed by atoms with E-state index in [2.05, 4.69) is 17.4 Å². The summed E-state index contributed by atoms with van der Waals surface area (Å²) in [4.78, 5) is 27.6. The van der Waals surface area contributed by atoms with Crippen LogP contribution in [0.4, 0.5) is 10.5 Å². The minimum Gasteiger partial charge on any atom is -0.495 e. The number of ether oxygens (including phenoxy) is 1. The summed E-state index contributed by atoms with van der Waals surface area (Å²) in [5.41, 5.74) is 3.52. The van der Waals surface area contributed by atoms with Gasteiger partial charge >= 0.3 is 6.03 Å². The summed E-state index contributed by atoms with van der Waals surface area (Å²) < 4.78 is 5.30. The zero-order chi connectivity index (χ0) is 21.6. The molecule has 0 unspecified atom stereocenters. The van der Waals surface area contributed by atoms with E-state index in [0.29, 0.717) is 30.1 Å². The number of carbonyl (C=O) groups is 2. The number of urea groups is 1. The van der Waals surface area contributed by atoms with Crippen molar-refractivity contribution in [1.29, 1.82) is 0 Å². The van der Waals surface area contributed by atoms with Gasteiger partial charge in [0.2, 0.25) is 0 Å². The third-order valence-corrected chi connectivity index (χ3v) is 5.70. The van der Waals surface area contributed by atoms with Crippen LogP contribution >= 0.6 is 0 Å². The van der Waals surface area contributed by atoms with E-state index >= 15 is 0 Å². The van der Waals surface area contributed by atoms with Crippen molar-refractivity contribution < 1.29 is 14.3 Å². The van der Waals surface area contributed by atoms with Crippen molar-refractivity contribution in [2.45, 2.75) is 12.8 Å². The van der Waals surface area contributed by atoms with Crippen LogP contribution in [-0.4, -0.2) is 36.9 Å². The van der Waals surface area contributed by atoms with E-state index in [1.807, 2.05) is 54.6 Å². The van der Waals surface area contributed by atoms with Crippen molar-refractivity contribution in [2.75, 3.05) is 25.5 Å². The fraction of sp³-hybridized carbons (Fsp3) is 0.231. The SMILES string of the molecule is COc1ccccc1NC(=O)N1CCC[C@@H](C(=O)c2ccc(-c3ccccc3)cc2)C1. The Morgan fingerprint density at radius 1 is 0.903 bits per heavy atom. The van der Waals surface area contributed by atoms with E-state index in [4.69, 9.17) is 4.74 Å². The summed E-state index contributed by atoms with van der Waals surface area (Å²) in [5.74, 6) is 0.508. The average molecular weight is 415 g/mol. The van der Waals surface area contributed by atoms with Gasteiger partial charge in [0.15, 0.2) is 5.78 Å². The van der Waals surface area contributed by atoms with Crippen LogP contribution < -0.4 is 10.1 Å². The van der Waals surface area contributed by atoms with E-state index in [9.17, 15) is 9.59 Å². The first kappa shape index (κ1) is 20.7. The number of nitrogens with one attached hydrogen (secondary N) is 1. The van der Waals surface area contributed by atoms with E-state index in [0.717, 1.165) is 24.0 Å². The highest BCUT2D eigenvalue weighted by atomic mass is 16.5. The Hall–Kier alpha value is -3.60. The number of nitrogens with zero attached hydrogens (tertiary/aromatic N) is 1. The van der Waals surface area contributed by atoms with Gasteiger partial charge in [0.25, 0.3) is 0 Å². The van der Waals surface area contributed by atoms with Crippen LogP contribution in [0.5, 0.6) is 5.75 Å². The van der Waals surface area contributed by atoms with Crippen LogP contribution in [0, 0.1) is 5.92 Å². The Bertz CT molecular complexity index is 1050. The molecule has 4 rings (SSSR count). The summed E-state index contributed by atoms with van der Waals surface area (Å²) in [6.07, 6.45) is 1.59. The number of benzene rings is 3. The van der Waals surface area contributed by atoms with Gasteiger partial charge in [-0.05, 0) is 36.1 Å². The van der Waals surface area contributed by atoms with Crippen molar-refractivity contribution in [3.05, 3.63) is 84.4 Å². The molecule has 1 N–H and O–H groups in total. The maximum absolute atomic E-state index is 13.1. The molecule has 0 bridgehead atoms. The van der Waals surface area contributed by atoms with E-state index in [-0.39, 0.29) is 17.7 Å². The number of carbonyl (C=O) groups excluding carboxylic acids is 2. The van der Waals surface area contributed by atoms with Gasteiger partial charge in [-0.15, -0.1) is 0 Å². The van der Waals surface area contributed by atoms with Gasteiger partial charge in [-0.2, -0.15) is 0 Å². The molecule has 3 aromatic rings. The predicted molar refractivity (Wildman–Crippen MR) is 123 cm³/mol. The van der Waals surface area contributed by atoms with Gasteiger partial charge in [0, 0.05) is 24.6 Å². The first-order valence-corrected chi connectivity index (χ1v) is 10.5. The molecule has 0 aliphatic carbocycles. The molecule has 1 heterocycles. The summed E-state index contributed by atoms with van der Waals surface area (Å²) in [6.45, 7) is 1.05. The average Bonchev–Trinajstić information content (AvgIpc) is 2.84. The minimum atomic E-state index is -0.207. The second-order valence-electron chi connectivity index (χ2n) is 7.72. The Balaban J connectivity index is 1.42. The Kier molecular flexibility index (Phi) is 6.32. The molecule has 1 atom stereocenters. The second kappa shape index (κ2) is 9.47. The lowest BCUT2D eigenvalue weighted by Crippen LogP contribution is -2.44. The largest absolute Gasteiger partial charge is 0.495 e. The van der Waals surface area contributed by atoms with Gasteiger partial charge in [-0.1, -0.05) is 66.7 Å². The number of anilines is 1.